The van der Waals surface area contributed by atoms with Gasteiger partial charge in [-0.2, -0.15) is 0 Å². The number of para-hydroxylation sites is 3. The van der Waals surface area contributed by atoms with E-state index in [1.165, 1.54) is 44.1 Å². The summed E-state index contributed by atoms with van der Waals surface area (Å²) in [7, 11) is 0. The lowest BCUT2D eigenvalue weighted by molar-refractivity contribution is -0.119. The van der Waals surface area contributed by atoms with Gasteiger partial charge in [-0.15, -0.1) is 23.2 Å². The van der Waals surface area contributed by atoms with E-state index in [1.807, 2.05) is 120 Å². The molecule has 116 heavy (non-hydrogen) atoms. The number of alkyl halides is 2. The number of nitrogens with zero attached hydrogens (tertiary/aromatic N) is 4. The molecule has 0 spiro atoms. The van der Waals surface area contributed by atoms with E-state index in [4.69, 9.17) is 43.4 Å². The molecule has 0 saturated heterocycles. The molecule has 19 heteroatoms. The summed E-state index contributed by atoms with van der Waals surface area (Å²) in [5.74, 6) is -0.289. The Morgan fingerprint density at radius 3 is 1.45 bits per heavy atom. The van der Waals surface area contributed by atoms with Crippen molar-refractivity contribution in [3.63, 3.8) is 0 Å². The number of carbonyl (C=O) groups is 6. The highest BCUT2D eigenvalue weighted by Gasteiger charge is 2.26. The maximum absolute atomic E-state index is 13.0. The molecule has 0 aliphatic carbocycles. The van der Waals surface area contributed by atoms with Crippen molar-refractivity contribution in [1.82, 2.24) is 13.7 Å². The Morgan fingerprint density at radius 2 is 0.905 bits per heavy atom. The predicted molar refractivity (Wildman–Crippen MR) is 478 cm³/mol. The number of Topliss-reactive ketones (excluding diaryl/α,β-unsaturated/α-hetero) is 3. The first-order chi connectivity index (χ1) is 54.8. The second-order valence-electron chi connectivity index (χ2n) is 31.2. The number of nitrogens with one attached hydrogen (secondary N) is 4. The molecule has 0 bridgehead atoms. The average molecular weight is 1590 g/mol. The number of ether oxygens (including phenoxy) is 2. The van der Waals surface area contributed by atoms with Gasteiger partial charge < -0.3 is 39.5 Å². The average Bonchev–Trinajstić information content (AvgIpc) is 1.62. The minimum Gasteiger partial charge on any atom is -0.444 e. The Labute approximate surface area is 690 Å². The third kappa shape index (κ3) is 22.2. The van der Waals surface area contributed by atoms with Crippen molar-refractivity contribution in [1.29, 1.82) is 0 Å². The molecule has 17 nitrogen and oxygen atoms in total. The number of benzene rings is 10. The molecule has 3 amide bonds. The fourth-order valence-corrected chi connectivity index (χ4v) is 13.7. The number of amides is 3. The van der Waals surface area contributed by atoms with E-state index in [0.717, 1.165) is 89.6 Å². The van der Waals surface area contributed by atoms with Crippen LogP contribution < -0.4 is 27.0 Å². The van der Waals surface area contributed by atoms with Crippen LogP contribution in [0, 0.1) is 55.4 Å². The number of halogens is 2. The van der Waals surface area contributed by atoms with E-state index in [0.29, 0.717) is 54.0 Å². The number of fused-ring (bicyclic) bond motifs is 5. The van der Waals surface area contributed by atoms with Crippen molar-refractivity contribution in [2.75, 3.05) is 32.3 Å². The van der Waals surface area contributed by atoms with E-state index in [2.05, 4.69) is 192 Å². The van der Waals surface area contributed by atoms with Crippen molar-refractivity contribution in [2.24, 2.45) is 4.99 Å². The van der Waals surface area contributed by atoms with Gasteiger partial charge in [-0.05, 0) is 289 Å². The van der Waals surface area contributed by atoms with Crippen LogP contribution in [0.1, 0.15) is 151 Å². The van der Waals surface area contributed by atoms with Gasteiger partial charge >= 0.3 is 12.2 Å². The van der Waals surface area contributed by atoms with Crippen molar-refractivity contribution in [2.45, 2.75) is 154 Å². The van der Waals surface area contributed by atoms with Crippen LogP contribution in [0.3, 0.4) is 0 Å². The number of nitrogen functional groups attached to an aromatic ring is 1. The fraction of sp³-hybridized carbons (Fsp3) is 0.247. The van der Waals surface area contributed by atoms with Gasteiger partial charge in [0.25, 0.3) is 0 Å². The minimum atomic E-state index is -0.666. The minimum absolute atomic E-state index is 0. The van der Waals surface area contributed by atoms with Crippen LogP contribution in [0.2, 0.25) is 0 Å². The summed E-state index contributed by atoms with van der Waals surface area (Å²) >= 11 is 9.53. The summed E-state index contributed by atoms with van der Waals surface area (Å²) in [5, 5.41) is 15.5. The highest BCUT2D eigenvalue weighted by atomic mass is 35.5. The Kier molecular flexibility index (Phi) is 28.0. The molecule has 15 rings (SSSR count). The van der Waals surface area contributed by atoms with Gasteiger partial charge in [-0.25, -0.2) is 9.59 Å². The van der Waals surface area contributed by atoms with Crippen molar-refractivity contribution < 1.29 is 38.2 Å². The standard InChI is InChI=1S/C30H31N3O4.C26H24N2O.C26H22N2O.C13H20N2O2.CH2Cl2.CH4/c1-19-15-24(25(16-20(19)2)32-29(36)37-30(3,4)5)31-28(35)18-27(34)22-10-8-11-23(17-22)33-14-13-21-9-6-7-12-26(21)33;2*1-17-12-21-15-23(29)16-25(27-24(21)13-18(17)2)20-7-5-8-22(14-20)28-11-10-19-6-3-4-9-26(19)28;1-8-6-10(14)11(7-9(8)2)15-12(16)17-13(3,4)5;2-1-3;/h6-17H,18H2,1-5H3,(H,31,35)(H,32,36);3-14,25,27H,15-16H2,1-2H3;3-14H,15-16H2,1-2H3;6-7H,14H2,1-5H3,(H,15,16);1H2;1H4. The summed E-state index contributed by atoms with van der Waals surface area (Å²) in [6.07, 6.45) is 6.51. The van der Waals surface area contributed by atoms with Gasteiger partial charge in [-0.1, -0.05) is 111 Å². The second kappa shape index (κ2) is 37.8. The number of rotatable bonds is 11. The molecule has 0 radical (unpaired) electrons. The molecular formula is C97H103Cl2N9O8. The highest BCUT2D eigenvalue weighted by Crippen LogP contribution is 2.36. The number of aromatic nitrogens is 3. The van der Waals surface area contributed by atoms with Gasteiger partial charge in [0, 0.05) is 72.6 Å². The number of hydrogen-bond acceptors (Lipinski definition) is 11. The molecule has 598 valence electrons. The van der Waals surface area contributed by atoms with Gasteiger partial charge in [0.15, 0.2) is 5.78 Å². The number of nitrogens with two attached hydrogens (primary N) is 1. The Hall–Kier alpha value is -12.3. The number of aliphatic imine (C=N–C) groups is 1. The largest absolute Gasteiger partial charge is 0.444 e. The monoisotopic (exact) mass is 1590 g/mol. The summed E-state index contributed by atoms with van der Waals surface area (Å²) in [4.78, 5) is 80.0. The number of carbonyl (C=O) groups excluding carboxylic acids is 6. The maximum Gasteiger partial charge on any atom is 0.412 e. The lowest BCUT2D eigenvalue weighted by atomic mass is 9.99. The Balaban J connectivity index is 0.000000165. The first kappa shape index (κ1) is 86.1. The molecule has 1 atom stereocenters. The molecule has 3 aromatic heterocycles. The molecule has 5 heterocycles. The highest BCUT2D eigenvalue weighted by molar-refractivity contribution is 6.40. The van der Waals surface area contributed by atoms with Crippen LogP contribution in [0.4, 0.5) is 43.7 Å². The maximum atomic E-state index is 13.0. The van der Waals surface area contributed by atoms with E-state index in [9.17, 15) is 28.8 Å². The molecule has 0 saturated carbocycles. The number of anilines is 5. The molecule has 6 N–H and O–H groups in total. The molecular weight excluding hydrogens is 1490 g/mol. The van der Waals surface area contributed by atoms with Crippen LogP contribution in [0.5, 0.6) is 0 Å². The van der Waals surface area contributed by atoms with Crippen molar-refractivity contribution >= 4 is 131 Å². The van der Waals surface area contributed by atoms with E-state index >= 15 is 0 Å². The normalized spacial score (nSPS) is 12.9. The van der Waals surface area contributed by atoms with E-state index in [-0.39, 0.29) is 42.6 Å². The Morgan fingerprint density at radius 1 is 0.474 bits per heavy atom. The second-order valence-corrected chi connectivity index (χ2v) is 32.0. The zero-order chi connectivity index (χ0) is 82.6. The van der Waals surface area contributed by atoms with Crippen LogP contribution in [-0.2, 0) is 36.7 Å². The van der Waals surface area contributed by atoms with Gasteiger partial charge in [-0.3, -0.25) is 34.8 Å². The van der Waals surface area contributed by atoms with Crippen molar-refractivity contribution in [3.05, 3.63) is 303 Å². The third-order valence-electron chi connectivity index (χ3n) is 20.0. The first-order valence-corrected chi connectivity index (χ1v) is 39.3. The Bertz CT molecular complexity index is 5850. The predicted octanol–water partition coefficient (Wildman–Crippen LogP) is 23.9. The lowest BCUT2D eigenvalue weighted by Gasteiger charge is -2.21. The summed E-state index contributed by atoms with van der Waals surface area (Å²) < 4.78 is 16.9. The fourth-order valence-electron chi connectivity index (χ4n) is 13.7. The SMILES string of the molecule is C.Cc1cc(N)c(NC(=O)OC(C)(C)C)cc1C.Cc1cc(NC(=O)CC(=O)c2cccc(-n3ccc4ccccc43)c2)c(NC(=O)OC(C)(C)C)cc1C.Cc1cc2c(cc1C)N=C(c1cccc(-n3ccc4ccccc43)c1)CC(=O)C2.Cc1cc2c(cc1C)NC(c1cccc(-n3ccc4ccccc43)c1)CC(=O)C2.ClCCl. The van der Waals surface area contributed by atoms with Crippen LogP contribution >= 0.6 is 23.2 Å². The molecule has 2 aliphatic heterocycles. The molecule has 2 aliphatic rings. The first-order valence-electron chi connectivity index (χ1n) is 38.3. The zero-order valence-corrected chi connectivity index (χ0v) is 69.2. The van der Waals surface area contributed by atoms with Crippen LogP contribution in [0.25, 0.3) is 49.8 Å². The lowest BCUT2D eigenvalue weighted by Crippen LogP contribution is -2.27. The topological polar surface area (TPSA) is 222 Å². The third-order valence-corrected chi connectivity index (χ3v) is 20.0. The molecule has 0 fully saturated rings. The van der Waals surface area contributed by atoms with E-state index in [1.54, 1.807) is 51.1 Å². The summed E-state index contributed by atoms with van der Waals surface area (Å²) in [5.41, 5.74) is 29.5. The summed E-state index contributed by atoms with van der Waals surface area (Å²) in [6, 6.07) is 70.8. The number of ketones is 3. The molecule has 1 unspecified atom stereocenters. The van der Waals surface area contributed by atoms with Gasteiger partial charge in [0.1, 0.15) is 22.8 Å². The zero-order valence-electron chi connectivity index (χ0n) is 67.6. The van der Waals surface area contributed by atoms with Gasteiger partial charge in [0.2, 0.25) is 5.91 Å². The van der Waals surface area contributed by atoms with E-state index < -0.39 is 29.3 Å². The van der Waals surface area contributed by atoms with Crippen LogP contribution in [-0.4, -0.2) is 71.4 Å². The number of aryl methyl sites for hydroxylation is 8. The quantitative estimate of drug-likeness (QED) is 0.0357. The van der Waals surface area contributed by atoms with Crippen molar-refractivity contribution in [3.8, 4) is 17.1 Å². The summed E-state index contributed by atoms with van der Waals surface area (Å²) in [6.45, 7) is 26.9. The van der Waals surface area contributed by atoms with Crippen LogP contribution in [0.15, 0.2) is 236 Å². The molecule has 10 aromatic carbocycles. The number of hydrogen-bond donors (Lipinski definition) is 5. The van der Waals surface area contributed by atoms with Gasteiger partial charge in [0.05, 0.1) is 68.5 Å². The smallest absolute Gasteiger partial charge is 0.412 e. The molecule has 13 aromatic rings.